The van der Waals surface area contributed by atoms with Crippen LogP contribution in [0.15, 0.2) is 78.9 Å². The molecular weight excluding hydrogens is 410 g/mol. The second-order valence-corrected chi connectivity index (χ2v) is 8.55. The van der Waals surface area contributed by atoms with E-state index in [1.54, 1.807) is 14.2 Å². The van der Waals surface area contributed by atoms with E-state index in [4.69, 9.17) is 9.47 Å². The SMILES string of the molecule is COc1ccc(C2CC(=O)N(Cc3ccc(C)cc3)c3ccc4ccccc4c32)c(OC)c1. The molecule has 1 amide bonds. The Hall–Kier alpha value is -3.79. The predicted molar refractivity (Wildman–Crippen MR) is 132 cm³/mol. The van der Waals surface area contributed by atoms with Crippen LogP contribution in [0.5, 0.6) is 11.5 Å². The minimum atomic E-state index is -0.103. The van der Waals surface area contributed by atoms with E-state index in [0.717, 1.165) is 28.3 Å². The number of fused-ring (bicyclic) bond motifs is 3. The first-order valence-corrected chi connectivity index (χ1v) is 11.2. The van der Waals surface area contributed by atoms with Crippen molar-refractivity contribution in [1.82, 2.24) is 0 Å². The maximum atomic E-state index is 13.5. The van der Waals surface area contributed by atoms with Crippen LogP contribution in [-0.2, 0) is 11.3 Å². The van der Waals surface area contributed by atoms with Crippen molar-refractivity contribution in [2.24, 2.45) is 0 Å². The number of nitrogens with zero attached hydrogens (tertiary/aromatic N) is 1. The van der Waals surface area contributed by atoms with E-state index in [9.17, 15) is 4.79 Å². The summed E-state index contributed by atoms with van der Waals surface area (Å²) >= 11 is 0. The number of rotatable bonds is 5. The van der Waals surface area contributed by atoms with Crippen molar-refractivity contribution in [2.45, 2.75) is 25.8 Å². The maximum Gasteiger partial charge on any atom is 0.228 e. The molecule has 0 aliphatic carbocycles. The first-order chi connectivity index (χ1) is 16.1. The van der Waals surface area contributed by atoms with E-state index in [0.29, 0.717) is 13.0 Å². The molecule has 4 nitrogen and oxygen atoms in total. The van der Waals surface area contributed by atoms with Gasteiger partial charge in [-0.05, 0) is 41.0 Å². The molecule has 0 aromatic heterocycles. The molecule has 4 aromatic rings. The largest absolute Gasteiger partial charge is 0.497 e. The summed E-state index contributed by atoms with van der Waals surface area (Å²) in [5.41, 5.74) is 5.46. The molecule has 0 bridgehead atoms. The Labute approximate surface area is 194 Å². The molecule has 0 saturated carbocycles. The first kappa shape index (κ1) is 21.1. The molecule has 0 spiro atoms. The molecule has 0 radical (unpaired) electrons. The molecule has 5 rings (SSSR count). The summed E-state index contributed by atoms with van der Waals surface area (Å²) in [5.74, 6) is 1.48. The quantitative estimate of drug-likeness (QED) is 0.371. The highest BCUT2D eigenvalue weighted by atomic mass is 16.5. The zero-order valence-electron chi connectivity index (χ0n) is 19.2. The van der Waals surface area contributed by atoms with Gasteiger partial charge in [-0.15, -0.1) is 0 Å². The van der Waals surface area contributed by atoms with Crippen molar-refractivity contribution in [1.29, 1.82) is 0 Å². The summed E-state index contributed by atoms with van der Waals surface area (Å²) in [7, 11) is 3.31. The summed E-state index contributed by atoms with van der Waals surface area (Å²) in [5, 5.41) is 2.33. The van der Waals surface area contributed by atoms with E-state index in [1.165, 1.54) is 21.9 Å². The van der Waals surface area contributed by atoms with Crippen molar-refractivity contribution in [2.75, 3.05) is 19.1 Å². The van der Waals surface area contributed by atoms with Gasteiger partial charge in [-0.2, -0.15) is 0 Å². The zero-order valence-corrected chi connectivity index (χ0v) is 19.2. The van der Waals surface area contributed by atoms with Gasteiger partial charge in [0, 0.05) is 29.7 Å². The van der Waals surface area contributed by atoms with Gasteiger partial charge in [-0.3, -0.25) is 4.79 Å². The Kier molecular flexibility index (Phi) is 5.51. The van der Waals surface area contributed by atoms with Crippen LogP contribution >= 0.6 is 0 Å². The highest BCUT2D eigenvalue weighted by molar-refractivity contribution is 6.03. The highest BCUT2D eigenvalue weighted by Crippen LogP contribution is 2.47. The number of anilines is 1. The normalized spacial score (nSPS) is 15.4. The van der Waals surface area contributed by atoms with Gasteiger partial charge in [-0.1, -0.05) is 66.2 Å². The Balaban J connectivity index is 1.68. The van der Waals surface area contributed by atoms with Crippen LogP contribution in [-0.4, -0.2) is 20.1 Å². The number of carbonyl (C=O) groups is 1. The lowest BCUT2D eigenvalue weighted by molar-refractivity contribution is -0.119. The van der Waals surface area contributed by atoms with E-state index in [2.05, 4.69) is 67.6 Å². The molecule has 33 heavy (non-hydrogen) atoms. The Morgan fingerprint density at radius 2 is 1.70 bits per heavy atom. The van der Waals surface area contributed by atoms with E-state index >= 15 is 0 Å². The first-order valence-electron chi connectivity index (χ1n) is 11.2. The average molecular weight is 438 g/mol. The molecule has 4 heteroatoms. The number of aryl methyl sites for hydroxylation is 1. The van der Waals surface area contributed by atoms with Gasteiger partial charge >= 0.3 is 0 Å². The van der Waals surface area contributed by atoms with Crippen LogP contribution in [0.1, 0.15) is 34.6 Å². The molecular formula is C29H27NO3. The fraction of sp³-hybridized carbons (Fsp3) is 0.207. The lowest BCUT2D eigenvalue weighted by Gasteiger charge is -2.36. The molecule has 166 valence electrons. The number of carbonyl (C=O) groups excluding carboxylic acids is 1. The second kappa shape index (κ2) is 8.62. The smallest absolute Gasteiger partial charge is 0.228 e. The van der Waals surface area contributed by atoms with Crippen molar-refractivity contribution in [3.63, 3.8) is 0 Å². The number of methoxy groups -OCH3 is 2. The van der Waals surface area contributed by atoms with E-state index in [1.807, 2.05) is 23.1 Å². The number of ether oxygens (including phenoxy) is 2. The molecule has 0 fully saturated rings. The van der Waals surface area contributed by atoms with Crippen LogP contribution < -0.4 is 14.4 Å². The summed E-state index contributed by atoms with van der Waals surface area (Å²) in [4.78, 5) is 15.5. The van der Waals surface area contributed by atoms with Gasteiger partial charge in [0.25, 0.3) is 0 Å². The molecule has 1 aliphatic rings. The number of benzene rings is 4. The van der Waals surface area contributed by atoms with Crippen molar-refractivity contribution >= 4 is 22.4 Å². The van der Waals surface area contributed by atoms with Gasteiger partial charge in [0.15, 0.2) is 0 Å². The van der Waals surface area contributed by atoms with Crippen molar-refractivity contribution in [3.05, 3.63) is 101 Å². The molecule has 1 atom stereocenters. The summed E-state index contributed by atoms with van der Waals surface area (Å²) in [6.45, 7) is 2.63. The molecule has 1 heterocycles. The van der Waals surface area contributed by atoms with Crippen LogP contribution in [0.2, 0.25) is 0 Å². The van der Waals surface area contributed by atoms with Gasteiger partial charge in [0.05, 0.1) is 20.8 Å². The fourth-order valence-corrected chi connectivity index (χ4v) is 4.83. The monoisotopic (exact) mass is 437 g/mol. The highest BCUT2D eigenvalue weighted by Gasteiger charge is 2.35. The van der Waals surface area contributed by atoms with Gasteiger partial charge in [0.2, 0.25) is 5.91 Å². The lowest BCUT2D eigenvalue weighted by Crippen LogP contribution is -2.36. The number of hydrogen-bond donors (Lipinski definition) is 0. The fourth-order valence-electron chi connectivity index (χ4n) is 4.83. The van der Waals surface area contributed by atoms with Crippen LogP contribution in [0, 0.1) is 6.92 Å². The molecule has 0 saturated heterocycles. The van der Waals surface area contributed by atoms with Crippen LogP contribution in [0.4, 0.5) is 5.69 Å². The van der Waals surface area contributed by atoms with E-state index < -0.39 is 0 Å². The topological polar surface area (TPSA) is 38.8 Å². The predicted octanol–water partition coefficient (Wildman–Crippen LogP) is 6.23. The Morgan fingerprint density at radius 3 is 2.45 bits per heavy atom. The van der Waals surface area contributed by atoms with Gasteiger partial charge in [0.1, 0.15) is 11.5 Å². The van der Waals surface area contributed by atoms with Crippen LogP contribution in [0.3, 0.4) is 0 Å². The van der Waals surface area contributed by atoms with Crippen LogP contribution in [0.25, 0.3) is 10.8 Å². The average Bonchev–Trinajstić information content (AvgIpc) is 2.86. The number of hydrogen-bond acceptors (Lipinski definition) is 3. The molecule has 1 unspecified atom stereocenters. The zero-order chi connectivity index (χ0) is 22.9. The third-order valence-corrected chi connectivity index (χ3v) is 6.54. The van der Waals surface area contributed by atoms with Gasteiger partial charge < -0.3 is 14.4 Å². The minimum absolute atomic E-state index is 0.103. The molecule has 1 aliphatic heterocycles. The summed E-state index contributed by atoms with van der Waals surface area (Å²) in [6.07, 6.45) is 0.384. The summed E-state index contributed by atoms with van der Waals surface area (Å²) in [6, 6.07) is 26.8. The Bertz CT molecular complexity index is 1330. The van der Waals surface area contributed by atoms with Crippen molar-refractivity contribution < 1.29 is 14.3 Å². The van der Waals surface area contributed by atoms with E-state index in [-0.39, 0.29) is 11.8 Å². The Morgan fingerprint density at radius 1 is 0.909 bits per heavy atom. The standard InChI is InChI=1S/C29H27NO3/c1-19-8-10-20(11-9-19)18-30-26-15-12-21-6-4-5-7-23(21)29(26)25(17-28(30)31)24-14-13-22(32-2)16-27(24)33-3/h4-16,25H,17-18H2,1-3H3. The third kappa shape index (κ3) is 3.82. The summed E-state index contributed by atoms with van der Waals surface area (Å²) < 4.78 is 11.1. The molecule has 0 N–H and O–H groups in total. The van der Waals surface area contributed by atoms with Gasteiger partial charge in [-0.25, -0.2) is 0 Å². The molecule has 4 aromatic carbocycles. The minimum Gasteiger partial charge on any atom is -0.497 e. The second-order valence-electron chi connectivity index (χ2n) is 8.55. The number of amides is 1. The third-order valence-electron chi connectivity index (χ3n) is 6.54. The maximum absolute atomic E-state index is 13.5. The van der Waals surface area contributed by atoms with Crippen molar-refractivity contribution in [3.8, 4) is 11.5 Å². The lowest BCUT2D eigenvalue weighted by atomic mass is 9.80.